The molecule has 3 atom stereocenters. The van der Waals surface area contributed by atoms with Gasteiger partial charge in [-0.1, -0.05) is 50.6 Å². The maximum absolute atomic E-state index is 5.71. The van der Waals surface area contributed by atoms with Crippen LogP contribution in [0.1, 0.15) is 57.6 Å². The molecule has 1 aromatic carbocycles. The molecule has 0 aromatic heterocycles. The minimum Gasteiger partial charge on any atom is -0.378 e. The van der Waals surface area contributed by atoms with E-state index in [0.29, 0.717) is 18.1 Å². The van der Waals surface area contributed by atoms with Crippen LogP contribution >= 0.6 is 0 Å². The predicted molar refractivity (Wildman–Crippen MR) is 84.8 cm³/mol. The van der Waals surface area contributed by atoms with Crippen LogP contribution < -0.4 is 5.32 Å². The molecule has 3 unspecified atom stereocenters. The van der Waals surface area contributed by atoms with Gasteiger partial charge in [-0.25, -0.2) is 0 Å². The SMILES string of the molecule is CCNC(c1ccccc1)C(C)CCCC1CCCO1. The molecule has 0 saturated carbocycles. The Morgan fingerprint density at radius 1 is 1.30 bits per heavy atom. The van der Waals surface area contributed by atoms with Crippen molar-refractivity contribution in [2.45, 2.75) is 58.1 Å². The molecule has 0 amide bonds. The highest BCUT2D eigenvalue weighted by molar-refractivity contribution is 5.19. The maximum atomic E-state index is 5.71. The molecule has 1 N–H and O–H groups in total. The molecule has 1 heterocycles. The van der Waals surface area contributed by atoms with E-state index >= 15 is 0 Å². The molecule has 2 heteroatoms. The Balaban J connectivity index is 1.81. The molecule has 1 aliphatic heterocycles. The minimum absolute atomic E-state index is 0.477. The van der Waals surface area contributed by atoms with E-state index in [9.17, 15) is 0 Å². The molecule has 20 heavy (non-hydrogen) atoms. The van der Waals surface area contributed by atoms with Crippen LogP contribution in [0.5, 0.6) is 0 Å². The van der Waals surface area contributed by atoms with Crippen molar-refractivity contribution in [2.24, 2.45) is 5.92 Å². The van der Waals surface area contributed by atoms with Gasteiger partial charge >= 0.3 is 0 Å². The summed E-state index contributed by atoms with van der Waals surface area (Å²) < 4.78 is 5.71. The molecule has 2 nitrogen and oxygen atoms in total. The van der Waals surface area contributed by atoms with Gasteiger partial charge in [-0.05, 0) is 43.7 Å². The fraction of sp³-hybridized carbons (Fsp3) is 0.667. The summed E-state index contributed by atoms with van der Waals surface area (Å²) in [5.41, 5.74) is 1.42. The zero-order valence-electron chi connectivity index (χ0n) is 13.0. The smallest absolute Gasteiger partial charge is 0.0576 e. The first-order valence-electron chi connectivity index (χ1n) is 8.21. The summed E-state index contributed by atoms with van der Waals surface area (Å²) in [5, 5.41) is 3.65. The van der Waals surface area contributed by atoms with Crippen LogP contribution in [0, 0.1) is 5.92 Å². The van der Waals surface area contributed by atoms with Gasteiger partial charge in [0.2, 0.25) is 0 Å². The lowest BCUT2D eigenvalue weighted by atomic mass is 9.89. The van der Waals surface area contributed by atoms with Crippen LogP contribution in [0.2, 0.25) is 0 Å². The van der Waals surface area contributed by atoms with Gasteiger partial charge in [0.1, 0.15) is 0 Å². The van der Waals surface area contributed by atoms with Crippen LogP contribution in [0.15, 0.2) is 30.3 Å². The van der Waals surface area contributed by atoms with Crippen LogP contribution in [0.3, 0.4) is 0 Å². The molecular weight excluding hydrogens is 246 g/mol. The number of hydrogen-bond donors (Lipinski definition) is 1. The Morgan fingerprint density at radius 3 is 2.75 bits per heavy atom. The summed E-state index contributed by atoms with van der Waals surface area (Å²) in [6.45, 7) is 6.56. The first-order chi connectivity index (χ1) is 9.81. The van der Waals surface area contributed by atoms with Crippen molar-refractivity contribution in [1.82, 2.24) is 5.32 Å². The molecule has 0 spiro atoms. The molecule has 0 aliphatic carbocycles. The van der Waals surface area contributed by atoms with Crippen molar-refractivity contribution in [3.05, 3.63) is 35.9 Å². The van der Waals surface area contributed by atoms with Crippen LogP contribution in [-0.4, -0.2) is 19.3 Å². The highest BCUT2D eigenvalue weighted by Gasteiger charge is 2.20. The lowest BCUT2D eigenvalue weighted by molar-refractivity contribution is 0.100. The predicted octanol–water partition coefficient (Wildman–Crippen LogP) is 4.32. The minimum atomic E-state index is 0.477. The van der Waals surface area contributed by atoms with Crippen molar-refractivity contribution < 1.29 is 4.74 Å². The van der Waals surface area contributed by atoms with E-state index in [1.165, 1.54) is 37.7 Å². The van der Waals surface area contributed by atoms with Crippen molar-refractivity contribution in [1.29, 1.82) is 0 Å². The quantitative estimate of drug-likeness (QED) is 0.763. The third kappa shape index (κ3) is 4.60. The molecule has 0 radical (unpaired) electrons. The molecule has 1 fully saturated rings. The number of ether oxygens (including phenoxy) is 1. The second-order valence-electron chi connectivity index (χ2n) is 5.99. The fourth-order valence-electron chi connectivity index (χ4n) is 3.23. The number of rotatable bonds is 8. The Morgan fingerprint density at radius 2 is 2.10 bits per heavy atom. The van der Waals surface area contributed by atoms with Crippen molar-refractivity contribution in [2.75, 3.05) is 13.2 Å². The van der Waals surface area contributed by atoms with Crippen molar-refractivity contribution >= 4 is 0 Å². The molecule has 1 aliphatic rings. The van der Waals surface area contributed by atoms with Crippen LogP contribution in [0.25, 0.3) is 0 Å². The van der Waals surface area contributed by atoms with E-state index in [0.717, 1.165) is 13.2 Å². The number of benzene rings is 1. The van der Waals surface area contributed by atoms with E-state index in [2.05, 4.69) is 49.5 Å². The highest BCUT2D eigenvalue weighted by atomic mass is 16.5. The summed E-state index contributed by atoms with van der Waals surface area (Å²) in [6, 6.07) is 11.3. The van der Waals surface area contributed by atoms with E-state index in [-0.39, 0.29) is 0 Å². The molecule has 112 valence electrons. The van der Waals surface area contributed by atoms with Gasteiger partial charge in [0.15, 0.2) is 0 Å². The number of nitrogens with one attached hydrogen (secondary N) is 1. The van der Waals surface area contributed by atoms with Gasteiger partial charge < -0.3 is 10.1 Å². The van der Waals surface area contributed by atoms with Crippen molar-refractivity contribution in [3.63, 3.8) is 0 Å². The maximum Gasteiger partial charge on any atom is 0.0576 e. The van der Waals surface area contributed by atoms with Gasteiger partial charge in [0, 0.05) is 12.6 Å². The summed E-state index contributed by atoms with van der Waals surface area (Å²) in [6.07, 6.45) is 6.84. The standard InChI is InChI=1S/C18H29NO/c1-3-19-18(16-10-5-4-6-11-16)15(2)9-7-12-17-13-8-14-20-17/h4-6,10-11,15,17-19H,3,7-9,12-14H2,1-2H3. The zero-order valence-corrected chi connectivity index (χ0v) is 13.0. The third-order valence-electron chi connectivity index (χ3n) is 4.36. The fourth-order valence-corrected chi connectivity index (χ4v) is 3.23. The first-order valence-corrected chi connectivity index (χ1v) is 8.21. The highest BCUT2D eigenvalue weighted by Crippen LogP contribution is 2.27. The molecular formula is C18H29NO. The monoisotopic (exact) mass is 275 g/mol. The average Bonchev–Trinajstić information content (AvgIpc) is 2.99. The van der Waals surface area contributed by atoms with Gasteiger partial charge in [0.05, 0.1) is 6.10 Å². The Kier molecular flexibility index (Phi) is 6.55. The van der Waals surface area contributed by atoms with Crippen LogP contribution in [0.4, 0.5) is 0 Å². The van der Waals surface area contributed by atoms with Crippen molar-refractivity contribution in [3.8, 4) is 0 Å². The van der Waals surface area contributed by atoms with Gasteiger partial charge in [0.25, 0.3) is 0 Å². The normalized spacial score (nSPS) is 21.8. The lowest BCUT2D eigenvalue weighted by Crippen LogP contribution is -2.27. The van der Waals surface area contributed by atoms with E-state index in [1.54, 1.807) is 0 Å². The number of hydrogen-bond acceptors (Lipinski definition) is 2. The lowest BCUT2D eigenvalue weighted by Gasteiger charge is -2.25. The Labute approximate surface area is 123 Å². The molecule has 2 rings (SSSR count). The van der Waals surface area contributed by atoms with Gasteiger partial charge in [-0.15, -0.1) is 0 Å². The van der Waals surface area contributed by atoms with Gasteiger partial charge in [-0.3, -0.25) is 0 Å². The summed E-state index contributed by atoms with van der Waals surface area (Å²) >= 11 is 0. The Bertz CT molecular complexity index is 359. The van der Waals surface area contributed by atoms with E-state index in [1.807, 2.05) is 0 Å². The molecule has 0 bridgehead atoms. The third-order valence-corrected chi connectivity index (χ3v) is 4.36. The second kappa shape index (κ2) is 8.43. The average molecular weight is 275 g/mol. The first kappa shape index (κ1) is 15.5. The summed E-state index contributed by atoms with van der Waals surface area (Å²) in [7, 11) is 0. The molecule has 1 aromatic rings. The van der Waals surface area contributed by atoms with Gasteiger partial charge in [-0.2, -0.15) is 0 Å². The summed E-state index contributed by atoms with van der Waals surface area (Å²) in [4.78, 5) is 0. The zero-order chi connectivity index (χ0) is 14.2. The van der Waals surface area contributed by atoms with E-state index < -0.39 is 0 Å². The van der Waals surface area contributed by atoms with E-state index in [4.69, 9.17) is 4.74 Å². The second-order valence-corrected chi connectivity index (χ2v) is 5.99. The topological polar surface area (TPSA) is 21.3 Å². The summed E-state index contributed by atoms with van der Waals surface area (Å²) in [5.74, 6) is 0.666. The van der Waals surface area contributed by atoms with Crippen LogP contribution in [-0.2, 0) is 4.74 Å². The molecule has 1 saturated heterocycles. The Hall–Kier alpha value is -0.860. The largest absolute Gasteiger partial charge is 0.378 e.